The molecule has 0 amide bonds. The first-order chi connectivity index (χ1) is 10.1. The van der Waals surface area contributed by atoms with Crippen molar-refractivity contribution in [2.24, 2.45) is 5.92 Å². The molecule has 1 aliphatic rings. The van der Waals surface area contributed by atoms with E-state index in [1.54, 1.807) is 0 Å². The average Bonchev–Trinajstić information content (AvgIpc) is 2.39. The molecule has 0 radical (unpaired) electrons. The lowest BCUT2D eigenvalue weighted by Gasteiger charge is -2.31. The molecule has 1 aliphatic carbocycles. The first-order valence-electron chi connectivity index (χ1n) is 7.65. The van der Waals surface area contributed by atoms with Gasteiger partial charge < -0.3 is 20.5 Å². The summed E-state index contributed by atoms with van der Waals surface area (Å²) in [5.74, 6) is 1.53. The molecule has 0 bridgehead atoms. The number of nitrogens with one attached hydrogen (secondary N) is 2. The second-order valence-corrected chi connectivity index (χ2v) is 5.73. The Morgan fingerprint density at radius 2 is 1.86 bits per heavy atom. The van der Waals surface area contributed by atoms with Gasteiger partial charge in [0.15, 0.2) is 0 Å². The summed E-state index contributed by atoms with van der Waals surface area (Å²) in [5, 5.41) is 15.7. The van der Waals surface area contributed by atoms with Gasteiger partial charge in [0, 0.05) is 13.1 Å². The van der Waals surface area contributed by atoms with Crippen molar-refractivity contribution in [1.29, 1.82) is 0 Å². The van der Waals surface area contributed by atoms with Gasteiger partial charge in [-0.15, -0.1) is 0 Å². The van der Waals surface area contributed by atoms with E-state index in [9.17, 15) is 5.11 Å². The summed E-state index contributed by atoms with van der Waals surface area (Å²) in [6.45, 7) is 7.52. The lowest BCUT2D eigenvalue weighted by Crippen LogP contribution is -2.33. The lowest BCUT2D eigenvalue weighted by molar-refractivity contribution is 0.0486. The third-order valence-electron chi connectivity index (χ3n) is 3.25. The van der Waals surface area contributed by atoms with Gasteiger partial charge in [0.1, 0.15) is 0 Å². The number of rotatable bonds is 8. The minimum absolute atomic E-state index is 0.0149. The summed E-state index contributed by atoms with van der Waals surface area (Å²) in [7, 11) is 0. The number of hydrogen-bond donors (Lipinski definition) is 3. The molecule has 0 unspecified atom stereocenters. The van der Waals surface area contributed by atoms with Crippen LogP contribution in [0.5, 0.6) is 6.01 Å². The van der Waals surface area contributed by atoms with Crippen molar-refractivity contribution in [2.75, 3.05) is 23.7 Å². The highest BCUT2D eigenvalue weighted by Crippen LogP contribution is 2.27. The highest BCUT2D eigenvalue weighted by atomic mass is 16.5. The number of aliphatic hydroxyl groups excluding tert-OH is 1. The summed E-state index contributed by atoms with van der Waals surface area (Å²) >= 11 is 0. The van der Waals surface area contributed by atoms with E-state index in [0.29, 0.717) is 23.8 Å². The molecule has 21 heavy (non-hydrogen) atoms. The van der Waals surface area contributed by atoms with Crippen molar-refractivity contribution >= 4 is 11.9 Å². The van der Waals surface area contributed by atoms with Crippen molar-refractivity contribution in [1.82, 2.24) is 15.0 Å². The van der Waals surface area contributed by atoms with Crippen LogP contribution in [-0.4, -0.2) is 45.4 Å². The number of hydrogen-bond acceptors (Lipinski definition) is 7. The van der Waals surface area contributed by atoms with Crippen molar-refractivity contribution in [3.05, 3.63) is 0 Å². The van der Waals surface area contributed by atoms with Gasteiger partial charge in [0.2, 0.25) is 11.9 Å². The van der Waals surface area contributed by atoms with Crippen LogP contribution >= 0.6 is 0 Å². The summed E-state index contributed by atoms with van der Waals surface area (Å²) in [4.78, 5) is 12.9. The third-order valence-corrected chi connectivity index (χ3v) is 3.25. The number of aromatic nitrogens is 3. The van der Waals surface area contributed by atoms with Crippen molar-refractivity contribution in [3.8, 4) is 6.01 Å². The largest absolute Gasteiger partial charge is 0.461 e. The first kappa shape index (κ1) is 15.8. The minimum atomic E-state index is -0.142. The molecule has 0 aliphatic heterocycles. The summed E-state index contributed by atoms with van der Waals surface area (Å²) in [5.41, 5.74) is 0. The summed E-state index contributed by atoms with van der Waals surface area (Å²) in [6.07, 6.45) is 2.55. The zero-order valence-electron chi connectivity index (χ0n) is 13.0. The van der Waals surface area contributed by atoms with E-state index in [1.165, 1.54) is 0 Å². The predicted molar refractivity (Wildman–Crippen MR) is 81.6 cm³/mol. The van der Waals surface area contributed by atoms with E-state index >= 15 is 0 Å². The number of nitrogens with zero attached hydrogens (tertiary/aromatic N) is 3. The maximum atomic E-state index is 9.30. The highest BCUT2D eigenvalue weighted by molar-refractivity contribution is 5.36. The van der Waals surface area contributed by atoms with Crippen LogP contribution in [0, 0.1) is 5.92 Å². The van der Waals surface area contributed by atoms with E-state index < -0.39 is 0 Å². The molecule has 7 nitrogen and oxygen atoms in total. The van der Waals surface area contributed by atoms with Crippen LogP contribution in [-0.2, 0) is 0 Å². The van der Waals surface area contributed by atoms with Crippen LogP contribution in [0.15, 0.2) is 0 Å². The van der Waals surface area contributed by atoms with Crippen LogP contribution < -0.4 is 15.4 Å². The lowest BCUT2D eigenvalue weighted by atomic mass is 9.82. The van der Waals surface area contributed by atoms with Gasteiger partial charge >= 0.3 is 6.01 Å². The molecule has 0 saturated heterocycles. The highest BCUT2D eigenvalue weighted by Gasteiger charge is 2.27. The normalized spacial score (nSPS) is 21.0. The molecule has 0 atom stereocenters. The number of anilines is 2. The van der Waals surface area contributed by atoms with Gasteiger partial charge in [-0.1, -0.05) is 6.92 Å². The zero-order chi connectivity index (χ0) is 15.2. The molecule has 1 heterocycles. The first-order valence-corrected chi connectivity index (χ1v) is 7.65. The maximum absolute atomic E-state index is 9.30. The van der Waals surface area contributed by atoms with Crippen molar-refractivity contribution in [3.63, 3.8) is 0 Å². The Morgan fingerprint density at radius 3 is 2.43 bits per heavy atom. The Balaban J connectivity index is 1.99. The molecule has 1 fully saturated rings. The van der Waals surface area contributed by atoms with Crippen LogP contribution in [0.4, 0.5) is 11.9 Å². The molecular weight excluding hydrogens is 270 g/mol. The Hall–Kier alpha value is -1.63. The van der Waals surface area contributed by atoms with Gasteiger partial charge in [0.05, 0.1) is 12.2 Å². The molecule has 0 spiro atoms. The molecule has 3 N–H and O–H groups in total. The topological polar surface area (TPSA) is 92.2 Å². The predicted octanol–water partition coefficient (Wildman–Crippen LogP) is 1.66. The second-order valence-electron chi connectivity index (χ2n) is 5.73. The third kappa shape index (κ3) is 5.00. The van der Waals surface area contributed by atoms with Crippen molar-refractivity contribution in [2.45, 2.75) is 52.2 Å². The molecule has 118 valence electrons. The SMILES string of the molecule is CCCNc1nc(NCC2CC(O)C2)nc(OC(C)C)n1. The number of aliphatic hydroxyl groups is 1. The van der Waals surface area contributed by atoms with Gasteiger partial charge in [0.25, 0.3) is 0 Å². The fourth-order valence-corrected chi connectivity index (χ4v) is 2.12. The smallest absolute Gasteiger partial charge is 0.323 e. The van der Waals surface area contributed by atoms with Crippen LogP contribution in [0.1, 0.15) is 40.0 Å². The fraction of sp³-hybridized carbons (Fsp3) is 0.786. The molecule has 0 aromatic carbocycles. The molecule has 2 rings (SSSR count). The van der Waals surface area contributed by atoms with Crippen LogP contribution in [0.25, 0.3) is 0 Å². The van der Waals surface area contributed by atoms with Crippen LogP contribution in [0.2, 0.25) is 0 Å². The maximum Gasteiger partial charge on any atom is 0.323 e. The minimum Gasteiger partial charge on any atom is -0.461 e. The fourth-order valence-electron chi connectivity index (χ4n) is 2.12. The Morgan fingerprint density at radius 1 is 1.19 bits per heavy atom. The average molecular weight is 295 g/mol. The van der Waals surface area contributed by atoms with E-state index in [0.717, 1.165) is 32.4 Å². The summed E-state index contributed by atoms with van der Waals surface area (Å²) < 4.78 is 5.56. The molecule has 1 aromatic heterocycles. The molecule has 1 saturated carbocycles. The van der Waals surface area contributed by atoms with Crippen LogP contribution in [0.3, 0.4) is 0 Å². The van der Waals surface area contributed by atoms with E-state index in [2.05, 4.69) is 32.5 Å². The molecular formula is C14H25N5O2. The standard InChI is InChI=1S/C14H25N5O2/c1-4-5-15-12-17-13(16-8-10-6-11(20)7-10)19-14(18-12)21-9(2)3/h9-11,20H,4-8H2,1-3H3,(H2,15,16,17,18,19). The van der Waals surface area contributed by atoms with Gasteiger partial charge in [-0.2, -0.15) is 15.0 Å². The van der Waals surface area contributed by atoms with Crippen molar-refractivity contribution < 1.29 is 9.84 Å². The van der Waals surface area contributed by atoms with Gasteiger partial charge in [-0.05, 0) is 39.0 Å². The van der Waals surface area contributed by atoms with E-state index in [4.69, 9.17) is 4.74 Å². The number of ether oxygens (including phenoxy) is 1. The van der Waals surface area contributed by atoms with Gasteiger partial charge in [-0.3, -0.25) is 0 Å². The molecule has 7 heteroatoms. The Kier molecular flexibility index (Phi) is 5.55. The Labute approximate surface area is 125 Å². The second kappa shape index (κ2) is 7.40. The van der Waals surface area contributed by atoms with E-state index in [1.807, 2.05) is 13.8 Å². The monoisotopic (exact) mass is 295 g/mol. The van der Waals surface area contributed by atoms with E-state index in [-0.39, 0.29) is 12.2 Å². The molecule has 1 aromatic rings. The Bertz CT molecular complexity index is 449. The zero-order valence-corrected chi connectivity index (χ0v) is 13.0. The van der Waals surface area contributed by atoms with Gasteiger partial charge in [-0.25, -0.2) is 0 Å². The summed E-state index contributed by atoms with van der Waals surface area (Å²) in [6, 6.07) is 0.328. The quantitative estimate of drug-likeness (QED) is 0.671.